The molecule has 0 spiro atoms. The number of hydrogen-bond acceptors (Lipinski definition) is 4. The van der Waals surface area contributed by atoms with Crippen molar-refractivity contribution in [1.29, 1.82) is 0 Å². The van der Waals surface area contributed by atoms with Crippen LogP contribution in [0.4, 0.5) is 0 Å². The van der Waals surface area contributed by atoms with Crippen LogP contribution in [0.2, 0.25) is 0 Å². The predicted molar refractivity (Wildman–Crippen MR) is 105 cm³/mol. The average Bonchev–Trinajstić information content (AvgIpc) is 3.10. The molecule has 6 heteroatoms. The summed E-state index contributed by atoms with van der Waals surface area (Å²) in [6.07, 6.45) is 5.69. The summed E-state index contributed by atoms with van der Waals surface area (Å²) >= 11 is 1.97. The van der Waals surface area contributed by atoms with Gasteiger partial charge in [-0.15, -0.1) is 0 Å². The van der Waals surface area contributed by atoms with E-state index in [4.69, 9.17) is 9.73 Å². The minimum atomic E-state index is 0.261. The minimum Gasteiger partial charge on any atom is -0.381 e. The first-order valence-electron chi connectivity index (χ1n) is 9.58. The third kappa shape index (κ3) is 5.02. The van der Waals surface area contributed by atoms with Gasteiger partial charge in [0.25, 0.3) is 0 Å². The van der Waals surface area contributed by atoms with E-state index < -0.39 is 0 Å². The van der Waals surface area contributed by atoms with Crippen LogP contribution in [0.5, 0.6) is 0 Å². The van der Waals surface area contributed by atoms with E-state index in [1.165, 1.54) is 6.42 Å². The maximum atomic E-state index is 5.55. The van der Waals surface area contributed by atoms with Crippen molar-refractivity contribution in [3.05, 3.63) is 0 Å². The highest BCUT2D eigenvalue weighted by Gasteiger charge is 2.33. The van der Waals surface area contributed by atoms with Crippen LogP contribution in [0.25, 0.3) is 0 Å². The van der Waals surface area contributed by atoms with Crippen molar-refractivity contribution in [2.75, 3.05) is 58.7 Å². The van der Waals surface area contributed by atoms with Crippen molar-refractivity contribution < 1.29 is 4.74 Å². The Labute approximate surface area is 152 Å². The Bertz CT molecular complexity index is 394. The molecule has 0 amide bonds. The van der Waals surface area contributed by atoms with Gasteiger partial charge in [-0.3, -0.25) is 9.89 Å². The van der Waals surface area contributed by atoms with Crippen molar-refractivity contribution in [3.63, 3.8) is 0 Å². The zero-order chi connectivity index (χ0) is 17.4. The van der Waals surface area contributed by atoms with Crippen molar-refractivity contribution in [3.8, 4) is 0 Å². The molecule has 2 fully saturated rings. The molecule has 5 nitrogen and oxygen atoms in total. The maximum Gasteiger partial charge on any atom is 0.194 e. The summed E-state index contributed by atoms with van der Waals surface area (Å²) in [4.78, 5) is 10.1. The van der Waals surface area contributed by atoms with Gasteiger partial charge >= 0.3 is 0 Å². The lowest BCUT2D eigenvalue weighted by Crippen LogP contribution is -2.44. The molecular weight excluding hydrogens is 320 g/mol. The zero-order valence-electron chi connectivity index (χ0n) is 16.0. The largest absolute Gasteiger partial charge is 0.381 e. The average molecular weight is 357 g/mol. The van der Waals surface area contributed by atoms with Crippen molar-refractivity contribution in [2.24, 2.45) is 4.99 Å². The normalized spacial score (nSPS) is 24.6. The zero-order valence-corrected chi connectivity index (χ0v) is 16.8. The van der Waals surface area contributed by atoms with Gasteiger partial charge in [-0.1, -0.05) is 13.8 Å². The molecule has 2 rings (SSSR count). The molecule has 0 bridgehead atoms. The summed E-state index contributed by atoms with van der Waals surface area (Å²) in [5, 5.41) is 3.52. The van der Waals surface area contributed by atoms with Gasteiger partial charge in [-0.05, 0) is 45.5 Å². The summed E-state index contributed by atoms with van der Waals surface area (Å²) in [6.45, 7) is 14.7. The minimum absolute atomic E-state index is 0.261. The molecule has 140 valence electrons. The molecular formula is C18H36N4OS. The number of aliphatic imine (C=N–C) groups is 1. The van der Waals surface area contributed by atoms with E-state index in [1.807, 2.05) is 11.8 Å². The topological polar surface area (TPSA) is 40.1 Å². The van der Waals surface area contributed by atoms with E-state index in [9.17, 15) is 0 Å². The van der Waals surface area contributed by atoms with E-state index in [1.54, 1.807) is 0 Å². The fraction of sp³-hybridized carbons (Fsp3) is 0.944. The summed E-state index contributed by atoms with van der Waals surface area (Å²) in [6, 6.07) is 0.668. The first-order valence-corrected chi connectivity index (χ1v) is 10.8. The molecule has 0 aromatic rings. The number of likely N-dealkylation sites (tertiary alicyclic amines) is 1. The fourth-order valence-corrected chi connectivity index (χ4v) is 4.56. The van der Waals surface area contributed by atoms with E-state index in [-0.39, 0.29) is 4.75 Å². The van der Waals surface area contributed by atoms with Crippen LogP contribution in [0, 0.1) is 0 Å². The molecule has 0 aromatic heterocycles. The first kappa shape index (κ1) is 19.9. The summed E-state index contributed by atoms with van der Waals surface area (Å²) in [5.74, 6) is 1.10. The molecule has 0 aliphatic carbocycles. The molecule has 1 unspecified atom stereocenters. The Hall–Kier alpha value is -0.460. The molecule has 24 heavy (non-hydrogen) atoms. The van der Waals surface area contributed by atoms with Crippen LogP contribution in [0.3, 0.4) is 0 Å². The number of nitrogens with zero attached hydrogens (tertiary/aromatic N) is 3. The molecule has 2 aliphatic rings. The molecule has 0 saturated carbocycles. The van der Waals surface area contributed by atoms with Crippen molar-refractivity contribution >= 4 is 17.7 Å². The number of nitrogens with one attached hydrogen (secondary N) is 1. The number of likely N-dealkylation sites (N-methyl/N-ethyl adjacent to an activating group) is 1. The smallest absolute Gasteiger partial charge is 0.194 e. The third-order valence-electron chi connectivity index (χ3n) is 5.48. The second kappa shape index (κ2) is 9.88. The fourth-order valence-electron chi connectivity index (χ4n) is 3.79. The van der Waals surface area contributed by atoms with Gasteiger partial charge in [0.1, 0.15) is 0 Å². The van der Waals surface area contributed by atoms with Gasteiger partial charge in [0.2, 0.25) is 0 Å². The highest BCUT2D eigenvalue weighted by atomic mass is 32.2. The lowest BCUT2D eigenvalue weighted by molar-refractivity contribution is 0.0793. The first-order chi connectivity index (χ1) is 11.7. The number of thioether (sulfide) groups is 1. The summed E-state index contributed by atoms with van der Waals surface area (Å²) in [7, 11) is 0. The SMILES string of the molecule is CCNC(=NCC1(SC)CCOCC1)N1CCC(N(CC)CC)C1. The van der Waals surface area contributed by atoms with Gasteiger partial charge in [0, 0.05) is 43.6 Å². The molecule has 1 N–H and O–H groups in total. The second-order valence-corrected chi connectivity index (χ2v) is 8.05. The number of hydrogen-bond donors (Lipinski definition) is 1. The quantitative estimate of drug-likeness (QED) is 0.560. The number of guanidine groups is 1. The Morgan fingerprint density at radius 3 is 2.58 bits per heavy atom. The van der Waals surface area contributed by atoms with Gasteiger partial charge in [0.05, 0.1) is 6.54 Å². The monoisotopic (exact) mass is 356 g/mol. The molecule has 2 aliphatic heterocycles. The lowest BCUT2D eigenvalue weighted by atomic mass is 9.99. The van der Waals surface area contributed by atoms with Gasteiger partial charge < -0.3 is 15.0 Å². The van der Waals surface area contributed by atoms with Crippen LogP contribution >= 0.6 is 11.8 Å². The van der Waals surface area contributed by atoms with Crippen LogP contribution in [-0.2, 0) is 4.74 Å². The third-order valence-corrected chi connectivity index (χ3v) is 6.88. The van der Waals surface area contributed by atoms with Crippen LogP contribution in [0.15, 0.2) is 4.99 Å². The standard InChI is InChI=1S/C18H36N4OS/c1-5-19-17(20-15-18(24-4)9-12-23-13-10-18)22-11-8-16(14-22)21(6-2)7-3/h16H,5-15H2,1-4H3,(H,19,20). The summed E-state index contributed by atoms with van der Waals surface area (Å²) in [5.41, 5.74) is 0. The molecule has 0 aromatic carbocycles. The molecule has 0 radical (unpaired) electrons. The van der Waals surface area contributed by atoms with E-state index in [0.29, 0.717) is 6.04 Å². The van der Waals surface area contributed by atoms with E-state index in [0.717, 1.165) is 71.3 Å². The van der Waals surface area contributed by atoms with Gasteiger partial charge in [0.15, 0.2) is 5.96 Å². The Morgan fingerprint density at radius 1 is 1.29 bits per heavy atom. The highest BCUT2D eigenvalue weighted by molar-refractivity contribution is 8.00. The van der Waals surface area contributed by atoms with E-state index in [2.05, 4.69) is 42.1 Å². The van der Waals surface area contributed by atoms with E-state index >= 15 is 0 Å². The molecule has 2 heterocycles. The summed E-state index contributed by atoms with van der Waals surface area (Å²) < 4.78 is 5.81. The second-order valence-electron chi connectivity index (χ2n) is 6.78. The van der Waals surface area contributed by atoms with Crippen molar-refractivity contribution in [2.45, 2.75) is 50.8 Å². The van der Waals surface area contributed by atoms with Crippen molar-refractivity contribution in [1.82, 2.24) is 15.1 Å². The Kier molecular flexibility index (Phi) is 8.17. The molecule has 2 saturated heterocycles. The highest BCUT2D eigenvalue weighted by Crippen LogP contribution is 2.34. The maximum absolute atomic E-state index is 5.55. The van der Waals surface area contributed by atoms with Crippen LogP contribution in [0.1, 0.15) is 40.0 Å². The number of rotatable bonds is 7. The molecule has 1 atom stereocenters. The van der Waals surface area contributed by atoms with Crippen LogP contribution in [-0.4, -0.2) is 85.3 Å². The number of ether oxygens (including phenoxy) is 1. The van der Waals surface area contributed by atoms with Gasteiger partial charge in [-0.25, -0.2) is 0 Å². The van der Waals surface area contributed by atoms with Gasteiger partial charge in [-0.2, -0.15) is 11.8 Å². The Balaban J connectivity index is 2.00. The predicted octanol–water partition coefficient (Wildman–Crippen LogP) is 2.28. The van der Waals surface area contributed by atoms with Crippen LogP contribution < -0.4 is 5.32 Å². The Morgan fingerprint density at radius 2 is 2.00 bits per heavy atom. The lowest BCUT2D eigenvalue weighted by Gasteiger charge is -2.35.